The zero-order chi connectivity index (χ0) is 22.7. The van der Waals surface area contributed by atoms with Gasteiger partial charge in [-0.25, -0.2) is 29.4 Å². The lowest BCUT2D eigenvalue weighted by atomic mass is 10.00. The van der Waals surface area contributed by atoms with Crippen molar-refractivity contribution in [3.05, 3.63) is 47.2 Å². The van der Waals surface area contributed by atoms with E-state index >= 15 is 0 Å². The maximum Gasteiger partial charge on any atom is 0.423 e. The summed E-state index contributed by atoms with van der Waals surface area (Å²) in [5.41, 5.74) is 3.00. The number of aryl methyl sites for hydroxylation is 1. The number of rotatable bonds is 4. The molecule has 0 aliphatic heterocycles. The predicted octanol–water partition coefficient (Wildman–Crippen LogP) is 3.96. The molecule has 31 heavy (non-hydrogen) atoms. The largest absolute Gasteiger partial charge is 0.464 e. The molecule has 3 rings (SSSR count). The molecule has 0 aliphatic rings. The minimum Gasteiger partial charge on any atom is -0.464 e. The summed E-state index contributed by atoms with van der Waals surface area (Å²) in [5, 5.41) is 13.7. The summed E-state index contributed by atoms with van der Waals surface area (Å²) in [6, 6.07) is 5.23. The number of aromatic nitrogens is 3. The minimum absolute atomic E-state index is 0.0661. The average Bonchev–Trinajstić information content (AvgIpc) is 3.16. The first kappa shape index (κ1) is 22.0. The van der Waals surface area contributed by atoms with Gasteiger partial charge in [-0.3, -0.25) is 4.90 Å². The van der Waals surface area contributed by atoms with Gasteiger partial charge in [-0.15, -0.1) is 0 Å². The molecule has 10 nitrogen and oxygen atoms in total. The molecule has 1 aromatic carbocycles. The van der Waals surface area contributed by atoms with Gasteiger partial charge in [0.1, 0.15) is 11.6 Å². The summed E-state index contributed by atoms with van der Waals surface area (Å²) in [4.78, 5) is 32.8. The van der Waals surface area contributed by atoms with Gasteiger partial charge in [0.2, 0.25) is 11.7 Å². The van der Waals surface area contributed by atoms with Crippen molar-refractivity contribution in [2.24, 2.45) is 0 Å². The van der Waals surface area contributed by atoms with Crippen LogP contribution >= 0.6 is 11.6 Å². The van der Waals surface area contributed by atoms with Gasteiger partial charge in [-0.05, 0) is 36.8 Å². The molecule has 0 spiro atoms. The molecule has 12 heteroatoms. The second-order valence-corrected chi connectivity index (χ2v) is 6.79. The summed E-state index contributed by atoms with van der Waals surface area (Å²) in [6.07, 6.45) is 0.0702. The lowest BCUT2D eigenvalue weighted by Gasteiger charge is -2.25. The molecule has 0 atom stereocenters. The Morgan fingerprint density at radius 1 is 1.32 bits per heavy atom. The van der Waals surface area contributed by atoms with Crippen molar-refractivity contribution in [2.75, 3.05) is 18.5 Å². The second kappa shape index (κ2) is 8.96. The van der Waals surface area contributed by atoms with Crippen LogP contribution < -0.4 is 10.3 Å². The van der Waals surface area contributed by atoms with Gasteiger partial charge in [0, 0.05) is 37.3 Å². The van der Waals surface area contributed by atoms with E-state index in [1.165, 1.54) is 24.2 Å². The Kier molecular flexibility index (Phi) is 6.35. The quantitative estimate of drug-likeness (QED) is 0.578. The van der Waals surface area contributed by atoms with Crippen LogP contribution in [-0.4, -0.2) is 51.0 Å². The normalized spacial score (nSPS) is 10.6. The summed E-state index contributed by atoms with van der Waals surface area (Å²) in [7, 11) is 1.45. The Balaban J connectivity index is 1.95. The average molecular weight is 449 g/mol. The Morgan fingerprint density at radius 3 is 2.61 bits per heavy atom. The Labute approximate surface area is 181 Å². The highest BCUT2D eigenvalue weighted by molar-refractivity contribution is 6.31. The molecule has 2 heterocycles. The van der Waals surface area contributed by atoms with Crippen LogP contribution in [-0.2, 0) is 0 Å². The van der Waals surface area contributed by atoms with Crippen molar-refractivity contribution in [1.82, 2.24) is 25.6 Å². The number of nitrogens with one attached hydrogen (secondary N) is 1. The van der Waals surface area contributed by atoms with E-state index in [2.05, 4.69) is 15.1 Å². The number of halogens is 2. The molecule has 3 amide bonds. The number of hydrogen-bond acceptors (Lipinski definition) is 6. The van der Waals surface area contributed by atoms with Crippen LogP contribution in [0.1, 0.15) is 12.8 Å². The van der Waals surface area contributed by atoms with Crippen molar-refractivity contribution in [3.8, 4) is 22.5 Å². The predicted molar refractivity (Wildman–Crippen MR) is 110 cm³/mol. The van der Waals surface area contributed by atoms with Gasteiger partial charge in [0.15, 0.2) is 0 Å². The number of carboxylic acid groups (broad SMARTS) is 1. The fourth-order valence-electron chi connectivity index (χ4n) is 2.83. The molecule has 162 valence electrons. The van der Waals surface area contributed by atoms with Gasteiger partial charge in [-0.2, -0.15) is 4.98 Å². The van der Waals surface area contributed by atoms with Crippen LogP contribution in [0.3, 0.4) is 0 Å². The first-order valence-electron chi connectivity index (χ1n) is 9.02. The van der Waals surface area contributed by atoms with Gasteiger partial charge in [-0.1, -0.05) is 16.8 Å². The molecule has 0 fully saturated rings. The first-order valence-corrected chi connectivity index (χ1v) is 9.40. The molecule has 0 aliphatic carbocycles. The number of urea groups is 1. The number of amides is 3. The number of anilines is 1. The highest BCUT2D eigenvalue weighted by atomic mass is 35.5. The van der Waals surface area contributed by atoms with Crippen molar-refractivity contribution in [3.63, 3.8) is 0 Å². The van der Waals surface area contributed by atoms with Crippen LogP contribution in [0.25, 0.3) is 22.5 Å². The van der Waals surface area contributed by atoms with Gasteiger partial charge in [0.05, 0.1) is 5.56 Å². The highest BCUT2D eigenvalue weighted by Gasteiger charge is 2.22. The fourth-order valence-corrected chi connectivity index (χ4v) is 3.03. The first-order chi connectivity index (χ1) is 14.7. The van der Waals surface area contributed by atoms with Gasteiger partial charge in [0.25, 0.3) is 0 Å². The van der Waals surface area contributed by atoms with E-state index in [9.17, 15) is 14.0 Å². The van der Waals surface area contributed by atoms with Crippen molar-refractivity contribution in [1.29, 1.82) is 0 Å². The number of nitrogens with zero attached hydrogens (tertiary/aromatic N) is 5. The summed E-state index contributed by atoms with van der Waals surface area (Å²) < 4.78 is 19.7. The summed E-state index contributed by atoms with van der Waals surface area (Å²) >= 11 is 6.04. The fraction of sp³-hybridized carbons (Fsp3) is 0.211. The van der Waals surface area contributed by atoms with Crippen molar-refractivity contribution < 1.29 is 23.6 Å². The molecule has 0 bridgehead atoms. The van der Waals surface area contributed by atoms with E-state index in [4.69, 9.17) is 21.2 Å². The Bertz CT molecular complexity index is 1120. The molecule has 0 radical (unpaired) electrons. The molecule has 2 aromatic heterocycles. The lowest BCUT2D eigenvalue weighted by Crippen LogP contribution is -2.50. The van der Waals surface area contributed by atoms with Crippen LogP contribution in [0.15, 0.2) is 35.0 Å². The summed E-state index contributed by atoms with van der Waals surface area (Å²) in [6.45, 7) is 3.32. The van der Waals surface area contributed by atoms with E-state index < -0.39 is 17.9 Å². The third-order valence-electron chi connectivity index (χ3n) is 4.27. The zero-order valence-corrected chi connectivity index (χ0v) is 17.5. The Hall–Kier alpha value is -3.73. The number of pyridine rings is 1. The smallest absolute Gasteiger partial charge is 0.423 e. The number of carbonyl (C=O) groups excluding carboxylic acids is 1. The van der Waals surface area contributed by atoms with Crippen LogP contribution in [0.4, 0.5) is 19.8 Å². The van der Waals surface area contributed by atoms with Gasteiger partial charge >= 0.3 is 12.1 Å². The second-order valence-electron chi connectivity index (χ2n) is 6.36. The molecular weight excluding hydrogens is 431 g/mol. The van der Waals surface area contributed by atoms with Crippen molar-refractivity contribution in [2.45, 2.75) is 13.8 Å². The molecule has 3 aromatic rings. The number of hydrazine groups is 1. The van der Waals surface area contributed by atoms with E-state index in [0.717, 1.165) is 11.1 Å². The molecular formula is C19H18ClFN6O4. The standard InChI is InChI=1S/C19H18ClFN6O4/c1-4-27(24-18(28)29)19(30)26(3)15-6-5-11(9-22-15)13-7-12(20)8-14(21)16(13)17-23-10(2)31-25-17/h5-9,24H,4H2,1-3H3,(H,28,29). The van der Waals surface area contributed by atoms with Crippen LogP contribution in [0.5, 0.6) is 0 Å². The van der Waals surface area contributed by atoms with E-state index in [1.807, 2.05) is 5.43 Å². The minimum atomic E-state index is -1.36. The van der Waals surface area contributed by atoms with E-state index in [1.54, 1.807) is 26.0 Å². The van der Waals surface area contributed by atoms with Crippen molar-refractivity contribution >= 4 is 29.5 Å². The maximum atomic E-state index is 14.7. The maximum absolute atomic E-state index is 14.7. The van der Waals surface area contributed by atoms with E-state index in [-0.39, 0.29) is 34.7 Å². The third kappa shape index (κ3) is 4.72. The zero-order valence-electron chi connectivity index (χ0n) is 16.8. The van der Waals surface area contributed by atoms with Crippen LogP contribution in [0, 0.1) is 12.7 Å². The number of benzene rings is 1. The molecule has 2 N–H and O–H groups in total. The molecule has 0 saturated carbocycles. The number of hydrogen-bond donors (Lipinski definition) is 2. The lowest BCUT2D eigenvalue weighted by molar-refractivity contribution is 0.148. The topological polar surface area (TPSA) is 125 Å². The third-order valence-corrected chi connectivity index (χ3v) is 4.49. The summed E-state index contributed by atoms with van der Waals surface area (Å²) in [5.74, 6) is -0.0346. The van der Waals surface area contributed by atoms with Gasteiger partial charge < -0.3 is 9.63 Å². The SMILES string of the molecule is CCN(NC(=O)O)C(=O)N(C)c1ccc(-c2cc(Cl)cc(F)c2-c2noc(C)n2)cn1. The van der Waals surface area contributed by atoms with E-state index in [0.29, 0.717) is 11.1 Å². The number of carbonyl (C=O) groups is 2. The monoisotopic (exact) mass is 448 g/mol. The Morgan fingerprint density at radius 2 is 2.06 bits per heavy atom. The molecule has 0 unspecified atom stereocenters. The molecule has 0 saturated heterocycles. The highest BCUT2D eigenvalue weighted by Crippen LogP contribution is 2.35. The van der Waals surface area contributed by atoms with Crippen LogP contribution in [0.2, 0.25) is 5.02 Å².